The lowest BCUT2D eigenvalue weighted by atomic mass is 9.87. The SMILES string of the molecule is COCC1=Nc2ccnn2C(c2ccc(Cl)c(Cl)c2)C1C(=O)NCCCc1ccccc1. The van der Waals surface area contributed by atoms with Gasteiger partial charge < -0.3 is 10.1 Å². The van der Waals surface area contributed by atoms with Crippen molar-refractivity contribution in [3.05, 3.63) is 82.0 Å². The number of fused-ring (bicyclic) bond motifs is 1. The second kappa shape index (κ2) is 10.3. The van der Waals surface area contributed by atoms with Gasteiger partial charge in [-0.3, -0.25) is 4.79 Å². The van der Waals surface area contributed by atoms with Crippen molar-refractivity contribution < 1.29 is 9.53 Å². The minimum absolute atomic E-state index is 0.119. The standard InChI is InChI=1S/C24H24Cl2N4O2/c1-32-15-20-22(24(31)27-12-5-8-16-6-3-2-4-7-16)23(30-21(29-20)11-13-28-30)17-9-10-18(25)19(26)14-17/h2-4,6-7,9-11,13-14,22-23H,5,8,12,15H2,1H3,(H,27,31). The van der Waals surface area contributed by atoms with Crippen molar-refractivity contribution in [2.24, 2.45) is 10.9 Å². The van der Waals surface area contributed by atoms with Crippen LogP contribution in [0.1, 0.15) is 23.6 Å². The number of aromatic nitrogens is 2. The minimum Gasteiger partial charge on any atom is -0.379 e. The summed E-state index contributed by atoms with van der Waals surface area (Å²) in [6.07, 6.45) is 3.40. The Morgan fingerprint density at radius 2 is 1.94 bits per heavy atom. The molecule has 0 fully saturated rings. The Bertz CT molecular complexity index is 1110. The number of methoxy groups -OCH3 is 1. The summed E-state index contributed by atoms with van der Waals surface area (Å²) in [5.41, 5.74) is 2.73. The highest BCUT2D eigenvalue weighted by Crippen LogP contribution is 2.38. The molecule has 2 aromatic carbocycles. The highest BCUT2D eigenvalue weighted by atomic mass is 35.5. The number of nitrogens with zero attached hydrogens (tertiary/aromatic N) is 3. The van der Waals surface area contributed by atoms with Gasteiger partial charge in [-0.05, 0) is 36.1 Å². The topological polar surface area (TPSA) is 68.5 Å². The van der Waals surface area contributed by atoms with Crippen molar-refractivity contribution in [2.45, 2.75) is 18.9 Å². The Balaban J connectivity index is 1.58. The second-order valence-corrected chi connectivity index (χ2v) is 8.46. The molecule has 0 spiro atoms. The number of hydrogen-bond donors (Lipinski definition) is 1. The summed E-state index contributed by atoms with van der Waals surface area (Å²) in [6.45, 7) is 0.801. The van der Waals surface area contributed by atoms with Gasteiger partial charge in [-0.2, -0.15) is 5.10 Å². The van der Waals surface area contributed by atoms with Crippen LogP contribution in [-0.2, 0) is 16.0 Å². The van der Waals surface area contributed by atoms with Crippen molar-refractivity contribution in [1.82, 2.24) is 15.1 Å². The van der Waals surface area contributed by atoms with Crippen LogP contribution in [0.2, 0.25) is 10.0 Å². The molecule has 4 rings (SSSR count). The van der Waals surface area contributed by atoms with Crippen molar-refractivity contribution in [2.75, 3.05) is 20.3 Å². The van der Waals surface area contributed by atoms with Gasteiger partial charge in [0, 0.05) is 19.7 Å². The summed E-state index contributed by atoms with van der Waals surface area (Å²) in [7, 11) is 1.59. The molecule has 3 aromatic rings. The Kier molecular flexibility index (Phi) is 7.25. The molecular formula is C24H24Cl2N4O2. The zero-order valence-corrected chi connectivity index (χ0v) is 19.2. The van der Waals surface area contributed by atoms with Gasteiger partial charge >= 0.3 is 0 Å². The first-order chi connectivity index (χ1) is 15.6. The van der Waals surface area contributed by atoms with Crippen LogP contribution in [0.3, 0.4) is 0 Å². The van der Waals surface area contributed by atoms with Gasteiger partial charge in [0.15, 0.2) is 5.82 Å². The molecule has 2 unspecified atom stereocenters. The highest BCUT2D eigenvalue weighted by molar-refractivity contribution is 6.42. The molecule has 6 nitrogen and oxygen atoms in total. The molecule has 1 amide bonds. The number of ether oxygens (including phenoxy) is 1. The second-order valence-electron chi connectivity index (χ2n) is 7.65. The van der Waals surface area contributed by atoms with Crippen LogP contribution >= 0.6 is 23.2 Å². The number of carbonyl (C=O) groups excluding carboxylic acids is 1. The summed E-state index contributed by atoms with van der Waals surface area (Å²) < 4.78 is 7.13. The van der Waals surface area contributed by atoms with E-state index in [1.54, 1.807) is 30.1 Å². The maximum Gasteiger partial charge on any atom is 0.231 e. The molecule has 1 aliphatic rings. The van der Waals surface area contributed by atoms with Crippen LogP contribution in [0, 0.1) is 5.92 Å². The van der Waals surface area contributed by atoms with Crippen molar-refractivity contribution in [3.63, 3.8) is 0 Å². The number of benzene rings is 2. The van der Waals surface area contributed by atoms with E-state index in [4.69, 9.17) is 27.9 Å². The van der Waals surface area contributed by atoms with Crippen LogP contribution in [-0.4, -0.2) is 41.7 Å². The fourth-order valence-corrected chi connectivity index (χ4v) is 4.31. The number of amides is 1. The molecule has 2 atom stereocenters. The van der Waals surface area contributed by atoms with E-state index in [1.165, 1.54) is 5.56 Å². The molecule has 1 aliphatic heterocycles. The molecule has 0 bridgehead atoms. The Morgan fingerprint density at radius 1 is 1.12 bits per heavy atom. The third-order valence-electron chi connectivity index (χ3n) is 5.49. The summed E-state index contributed by atoms with van der Waals surface area (Å²) >= 11 is 12.4. The summed E-state index contributed by atoms with van der Waals surface area (Å²) in [5.74, 6) is -0.0383. The molecule has 32 heavy (non-hydrogen) atoms. The molecule has 0 radical (unpaired) electrons. The summed E-state index contributed by atoms with van der Waals surface area (Å²) in [5, 5.41) is 8.41. The molecule has 0 saturated carbocycles. The van der Waals surface area contributed by atoms with E-state index >= 15 is 0 Å². The molecular weight excluding hydrogens is 447 g/mol. The fraction of sp³-hybridized carbons (Fsp3) is 0.292. The third-order valence-corrected chi connectivity index (χ3v) is 6.23. The minimum atomic E-state index is -0.587. The number of rotatable bonds is 8. The maximum atomic E-state index is 13.4. The first-order valence-corrected chi connectivity index (χ1v) is 11.2. The number of nitrogens with one attached hydrogen (secondary N) is 1. The molecule has 1 N–H and O–H groups in total. The van der Waals surface area contributed by atoms with Crippen LogP contribution in [0.15, 0.2) is 65.8 Å². The zero-order valence-electron chi connectivity index (χ0n) is 17.7. The molecule has 1 aromatic heterocycles. The Labute approximate surface area is 197 Å². The van der Waals surface area contributed by atoms with Crippen LogP contribution in [0.5, 0.6) is 0 Å². The summed E-state index contributed by atoms with van der Waals surface area (Å²) in [4.78, 5) is 18.1. The van der Waals surface area contributed by atoms with Gasteiger partial charge in [-0.25, -0.2) is 9.67 Å². The Hall–Kier alpha value is -2.67. The predicted octanol–water partition coefficient (Wildman–Crippen LogP) is 4.88. The quantitative estimate of drug-likeness (QED) is 0.477. The molecule has 2 heterocycles. The van der Waals surface area contributed by atoms with Crippen molar-refractivity contribution in [3.8, 4) is 0 Å². The number of aryl methyl sites for hydroxylation is 1. The van der Waals surface area contributed by atoms with Gasteiger partial charge in [0.1, 0.15) is 5.92 Å². The molecule has 8 heteroatoms. The number of aliphatic imine (C=N–C) groups is 1. The van der Waals surface area contributed by atoms with Gasteiger partial charge in [-0.1, -0.05) is 59.6 Å². The first kappa shape index (κ1) is 22.5. The summed E-state index contributed by atoms with van der Waals surface area (Å²) in [6, 6.07) is 17.0. The van der Waals surface area contributed by atoms with E-state index in [0.717, 1.165) is 18.4 Å². The monoisotopic (exact) mass is 470 g/mol. The van der Waals surface area contributed by atoms with Crippen LogP contribution in [0.25, 0.3) is 0 Å². The number of halogens is 2. The smallest absolute Gasteiger partial charge is 0.231 e. The van der Waals surface area contributed by atoms with Crippen molar-refractivity contribution >= 4 is 40.6 Å². The number of hydrogen-bond acceptors (Lipinski definition) is 4. The van der Waals surface area contributed by atoms with E-state index in [2.05, 4.69) is 27.5 Å². The first-order valence-electron chi connectivity index (χ1n) is 10.4. The Morgan fingerprint density at radius 3 is 2.69 bits per heavy atom. The number of carbonyl (C=O) groups is 1. The zero-order chi connectivity index (χ0) is 22.5. The highest BCUT2D eigenvalue weighted by Gasteiger charge is 2.39. The van der Waals surface area contributed by atoms with Gasteiger partial charge in [0.25, 0.3) is 0 Å². The molecule has 0 aliphatic carbocycles. The largest absolute Gasteiger partial charge is 0.379 e. The van der Waals surface area contributed by atoms with E-state index in [9.17, 15) is 4.79 Å². The van der Waals surface area contributed by atoms with Gasteiger partial charge in [0.05, 0.1) is 34.6 Å². The lowest BCUT2D eigenvalue weighted by molar-refractivity contribution is -0.124. The van der Waals surface area contributed by atoms with E-state index in [1.807, 2.05) is 30.3 Å². The predicted molar refractivity (Wildman–Crippen MR) is 127 cm³/mol. The average Bonchev–Trinajstić information content (AvgIpc) is 3.27. The van der Waals surface area contributed by atoms with E-state index in [-0.39, 0.29) is 12.5 Å². The molecule has 166 valence electrons. The van der Waals surface area contributed by atoms with Crippen molar-refractivity contribution in [1.29, 1.82) is 0 Å². The average molecular weight is 471 g/mol. The normalized spacial score (nSPS) is 17.5. The van der Waals surface area contributed by atoms with Crippen LogP contribution < -0.4 is 5.32 Å². The van der Waals surface area contributed by atoms with Gasteiger partial charge in [-0.15, -0.1) is 0 Å². The van der Waals surface area contributed by atoms with E-state index in [0.29, 0.717) is 28.1 Å². The third kappa shape index (κ3) is 4.88. The van der Waals surface area contributed by atoms with Gasteiger partial charge in [0.2, 0.25) is 5.91 Å². The fourth-order valence-electron chi connectivity index (χ4n) is 4.00. The molecule has 0 saturated heterocycles. The lowest BCUT2D eigenvalue weighted by Gasteiger charge is -2.32. The maximum absolute atomic E-state index is 13.4. The van der Waals surface area contributed by atoms with E-state index < -0.39 is 12.0 Å². The van der Waals surface area contributed by atoms with Crippen LogP contribution in [0.4, 0.5) is 5.82 Å². The lowest BCUT2D eigenvalue weighted by Crippen LogP contribution is -2.44.